The van der Waals surface area contributed by atoms with Crippen LogP contribution < -0.4 is 0 Å². The number of benzene rings is 1. The predicted molar refractivity (Wildman–Crippen MR) is 52.7 cm³/mol. The lowest BCUT2D eigenvalue weighted by Crippen LogP contribution is -1.86. The molecule has 0 saturated carbocycles. The van der Waals surface area contributed by atoms with Crippen LogP contribution in [0.2, 0.25) is 0 Å². The molecule has 1 aromatic rings. The Hall–Kier alpha value is -1.37. The molecule has 0 unspecified atom stereocenters. The molecule has 2 rings (SSSR count). The van der Waals surface area contributed by atoms with Crippen LogP contribution in [0.3, 0.4) is 0 Å². The molecule has 12 heavy (non-hydrogen) atoms. The molecule has 0 saturated heterocycles. The van der Waals surface area contributed by atoms with Gasteiger partial charge in [0.25, 0.3) is 0 Å². The molecule has 60 valence electrons. The Labute approximate surface area is 72.5 Å². The lowest BCUT2D eigenvalue weighted by molar-refractivity contribution is 1.27. The first-order chi connectivity index (χ1) is 5.86. The van der Waals surface area contributed by atoms with Crippen molar-refractivity contribution in [1.82, 2.24) is 0 Å². The van der Waals surface area contributed by atoms with Crippen LogP contribution in [0, 0.1) is 6.92 Å². The summed E-state index contributed by atoms with van der Waals surface area (Å²) < 4.78 is 0. The van der Waals surface area contributed by atoms with Crippen molar-refractivity contribution in [3.63, 3.8) is 0 Å². The predicted octanol–water partition coefficient (Wildman–Crippen LogP) is 2.44. The van der Waals surface area contributed by atoms with E-state index >= 15 is 0 Å². The summed E-state index contributed by atoms with van der Waals surface area (Å²) >= 11 is 0. The third-order valence-corrected chi connectivity index (χ3v) is 1.98. The first-order valence-electron chi connectivity index (χ1n) is 4.13. The molecule has 0 aromatic heterocycles. The number of rotatable bonds is 0. The molecule has 1 aliphatic rings. The van der Waals surface area contributed by atoms with Crippen molar-refractivity contribution in [2.24, 2.45) is 4.99 Å². The van der Waals surface area contributed by atoms with Crippen LogP contribution in [0.1, 0.15) is 16.7 Å². The second-order valence-electron chi connectivity index (χ2n) is 3.03. The molecule has 0 spiro atoms. The first kappa shape index (κ1) is 7.29. The van der Waals surface area contributed by atoms with Gasteiger partial charge in [0.05, 0.1) is 6.54 Å². The van der Waals surface area contributed by atoms with Gasteiger partial charge in [-0.1, -0.05) is 35.9 Å². The minimum atomic E-state index is 0.799. The van der Waals surface area contributed by atoms with Crippen molar-refractivity contribution in [2.75, 3.05) is 6.54 Å². The molecule has 1 heteroatoms. The number of nitrogens with zero attached hydrogens (tertiary/aromatic N) is 1. The van der Waals surface area contributed by atoms with Crippen molar-refractivity contribution < 1.29 is 0 Å². The van der Waals surface area contributed by atoms with Gasteiger partial charge in [0.2, 0.25) is 0 Å². The molecule has 0 amide bonds. The summed E-state index contributed by atoms with van der Waals surface area (Å²) in [5.74, 6) is 0. The first-order valence-corrected chi connectivity index (χ1v) is 4.13. The fourth-order valence-corrected chi connectivity index (χ4v) is 1.35. The van der Waals surface area contributed by atoms with Crippen LogP contribution in [0.5, 0.6) is 0 Å². The topological polar surface area (TPSA) is 12.4 Å². The summed E-state index contributed by atoms with van der Waals surface area (Å²) in [7, 11) is 0. The fraction of sp³-hybridized carbons (Fsp3) is 0.182. The van der Waals surface area contributed by atoms with Crippen LogP contribution in [-0.4, -0.2) is 12.8 Å². The van der Waals surface area contributed by atoms with Gasteiger partial charge in [-0.2, -0.15) is 0 Å². The van der Waals surface area contributed by atoms with Gasteiger partial charge in [0, 0.05) is 6.21 Å². The maximum absolute atomic E-state index is 4.23. The normalized spacial score (nSPS) is 14.1. The highest BCUT2D eigenvalue weighted by Crippen LogP contribution is 2.13. The van der Waals surface area contributed by atoms with Crippen LogP contribution in [0.25, 0.3) is 6.08 Å². The monoisotopic (exact) mass is 157 g/mol. The van der Waals surface area contributed by atoms with Crippen molar-refractivity contribution in [1.29, 1.82) is 0 Å². The lowest BCUT2D eigenvalue weighted by atomic mass is 10.1. The quantitative estimate of drug-likeness (QED) is 0.548. The molecule has 1 aromatic carbocycles. The molecule has 0 bridgehead atoms. The summed E-state index contributed by atoms with van der Waals surface area (Å²) in [6.07, 6.45) is 6.16. The van der Waals surface area contributed by atoms with E-state index in [1.165, 1.54) is 16.7 Å². The van der Waals surface area contributed by atoms with Gasteiger partial charge in [-0.15, -0.1) is 0 Å². The van der Waals surface area contributed by atoms with Crippen molar-refractivity contribution in [3.8, 4) is 0 Å². The molecule has 1 aliphatic heterocycles. The summed E-state index contributed by atoms with van der Waals surface area (Å²) in [5, 5.41) is 0. The standard InChI is InChI=1S/C11H11N/c1-9-4-5-11-8-12-6-2-3-10(11)7-9/h2-5,7-8H,6H2,1H3. The van der Waals surface area contributed by atoms with Gasteiger partial charge in [-0.25, -0.2) is 0 Å². The van der Waals surface area contributed by atoms with E-state index in [1.807, 2.05) is 6.21 Å². The van der Waals surface area contributed by atoms with Crippen LogP contribution in [0.15, 0.2) is 29.3 Å². The van der Waals surface area contributed by atoms with Crippen LogP contribution in [-0.2, 0) is 0 Å². The minimum Gasteiger partial charge on any atom is -0.288 e. The Morgan fingerprint density at radius 2 is 2.17 bits per heavy atom. The molecule has 0 N–H and O–H groups in total. The number of fused-ring (bicyclic) bond motifs is 1. The van der Waals surface area contributed by atoms with Crippen LogP contribution >= 0.6 is 0 Å². The highest BCUT2D eigenvalue weighted by Gasteiger charge is 1.98. The van der Waals surface area contributed by atoms with Gasteiger partial charge >= 0.3 is 0 Å². The fourth-order valence-electron chi connectivity index (χ4n) is 1.35. The molecule has 0 atom stereocenters. The molecule has 0 fully saturated rings. The second kappa shape index (κ2) is 2.94. The van der Waals surface area contributed by atoms with E-state index in [0.29, 0.717) is 0 Å². The van der Waals surface area contributed by atoms with E-state index in [4.69, 9.17) is 0 Å². The molecule has 1 heterocycles. The number of hydrogen-bond donors (Lipinski definition) is 0. The number of hydrogen-bond acceptors (Lipinski definition) is 1. The van der Waals surface area contributed by atoms with E-state index in [9.17, 15) is 0 Å². The molecule has 1 nitrogen and oxygen atoms in total. The molecule has 0 radical (unpaired) electrons. The van der Waals surface area contributed by atoms with Crippen molar-refractivity contribution in [2.45, 2.75) is 6.92 Å². The molecular formula is C11H11N. The third-order valence-electron chi connectivity index (χ3n) is 1.98. The SMILES string of the molecule is Cc1ccc2c(c1)C=CCN=C2. The summed E-state index contributed by atoms with van der Waals surface area (Å²) in [4.78, 5) is 4.23. The van der Waals surface area contributed by atoms with Gasteiger partial charge < -0.3 is 0 Å². The maximum Gasteiger partial charge on any atom is 0.0573 e. The number of aryl methyl sites for hydroxylation is 1. The zero-order valence-corrected chi connectivity index (χ0v) is 7.12. The largest absolute Gasteiger partial charge is 0.288 e. The van der Waals surface area contributed by atoms with E-state index in [0.717, 1.165) is 6.54 Å². The van der Waals surface area contributed by atoms with E-state index in [1.54, 1.807) is 0 Å². The third kappa shape index (κ3) is 1.30. The Morgan fingerprint density at radius 3 is 3.08 bits per heavy atom. The molecular weight excluding hydrogens is 146 g/mol. The Kier molecular flexibility index (Phi) is 1.78. The summed E-state index contributed by atoms with van der Waals surface area (Å²) in [6.45, 7) is 2.91. The number of aliphatic imine (C=N–C) groups is 1. The minimum absolute atomic E-state index is 0.799. The Morgan fingerprint density at radius 1 is 1.25 bits per heavy atom. The summed E-state index contributed by atoms with van der Waals surface area (Å²) in [5.41, 5.74) is 3.79. The smallest absolute Gasteiger partial charge is 0.0573 e. The van der Waals surface area contributed by atoms with Crippen LogP contribution in [0.4, 0.5) is 0 Å². The summed E-state index contributed by atoms with van der Waals surface area (Å²) in [6, 6.07) is 6.41. The Bertz CT molecular complexity index is 348. The second-order valence-corrected chi connectivity index (χ2v) is 3.03. The van der Waals surface area contributed by atoms with Crippen molar-refractivity contribution >= 4 is 12.3 Å². The average Bonchev–Trinajstić information content (AvgIpc) is 2.28. The highest BCUT2D eigenvalue weighted by molar-refractivity contribution is 5.86. The van der Waals surface area contributed by atoms with Crippen molar-refractivity contribution in [3.05, 3.63) is 41.0 Å². The lowest BCUT2D eigenvalue weighted by Gasteiger charge is -1.99. The zero-order valence-electron chi connectivity index (χ0n) is 7.12. The highest BCUT2D eigenvalue weighted by atomic mass is 14.7. The van der Waals surface area contributed by atoms with E-state index in [-0.39, 0.29) is 0 Å². The maximum atomic E-state index is 4.23. The van der Waals surface area contributed by atoms with Gasteiger partial charge in [-0.3, -0.25) is 4.99 Å². The van der Waals surface area contributed by atoms with Gasteiger partial charge in [0.1, 0.15) is 0 Å². The van der Waals surface area contributed by atoms with E-state index < -0.39 is 0 Å². The zero-order chi connectivity index (χ0) is 8.39. The van der Waals surface area contributed by atoms with E-state index in [2.05, 4.69) is 42.3 Å². The van der Waals surface area contributed by atoms with Gasteiger partial charge in [0.15, 0.2) is 0 Å². The Balaban J connectivity index is 2.58. The van der Waals surface area contributed by atoms with Gasteiger partial charge in [-0.05, 0) is 18.1 Å². The molecule has 0 aliphatic carbocycles. The average molecular weight is 157 g/mol.